The van der Waals surface area contributed by atoms with Gasteiger partial charge in [0.05, 0.1) is 12.0 Å². The highest BCUT2D eigenvalue weighted by Gasteiger charge is 2.45. The van der Waals surface area contributed by atoms with Crippen molar-refractivity contribution in [1.82, 2.24) is 0 Å². The molecule has 0 amide bonds. The number of aliphatic hydroxyl groups is 1. The van der Waals surface area contributed by atoms with Gasteiger partial charge in [0.25, 0.3) is 5.92 Å². The first-order chi connectivity index (χ1) is 4.87. The van der Waals surface area contributed by atoms with Gasteiger partial charge in [0.2, 0.25) is 0 Å². The van der Waals surface area contributed by atoms with Gasteiger partial charge in [-0.05, 0) is 6.54 Å². The van der Waals surface area contributed by atoms with Crippen LogP contribution in [0.5, 0.6) is 0 Å². The van der Waals surface area contributed by atoms with Crippen molar-refractivity contribution in [2.75, 3.05) is 13.2 Å². The molecule has 0 aliphatic carbocycles. The Kier molecular flexibility index (Phi) is 3.38. The number of hydrogen-bond acceptors (Lipinski definition) is 2. The van der Waals surface area contributed by atoms with E-state index in [0.29, 0.717) is 0 Å². The third-order valence-electron chi connectivity index (χ3n) is 1.84. The summed E-state index contributed by atoms with van der Waals surface area (Å²) in [6, 6.07) is 0. The molecule has 0 rings (SSSR count). The van der Waals surface area contributed by atoms with E-state index in [4.69, 9.17) is 10.8 Å². The maximum Gasteiger partial charge on any atom is 0.256 e. The Morgan fingerprint density at radius 1 is 1.36 bits per heavy atom. The molecule has 68 valence electrons. The van der Waals surface area contributed by atoms with E-state index < -0.39 is 17.9 Å². The third-order valence-corrected chi connectivity index (χ3v) is 1.84. The van der Waals surface area contributed by atoms with Crippen molar-refractivity contribution in [1.29, 1.82) is 0 Å². The van der Waals surface area contributed by atoms with Crippen LogP contribution in [0.4, 0.5) is 8.78 Å². The summed E-state index contributed by atoms with van der Waals surface area (Å²) in [4.78, 5) is 0. The topological polar surface area (TPSA) is 46.2 Å². The average molecular weight is 167 g/mol. The Morgan fingerprint density at radius 3 is 2.09 bits per heavy atom. The Balaban J connectivity index is 4.26. The van der Waals surface area contributed by atoms with Crippen LogP contribution in [0.2, 0.25) is 0 Å². The molecule has 0 atom stereocenters. The summed E-state index contributed by atoms with van der Waals surface area (Å²) in [6.45, 7) is 2.06. The molecule has 0 aliphatic heterocycles. The average Bonchev–Trinajstić information content (AvgIpc) is 1.87. The highest BCUT2D eigenvalue weighted by molar-refractivity contribution is 4.84. The van der Waals surface area contributed by atoms with Crippen LogP contribution in [0.25, 0.3) is 0 Å². The van der Waals surface area contributed by atoms with Gasteiger partial charge in [-0.25, -0.2) is 8.78 Å². The van der Waals surface area contributed by atoms with Crippen molar-refractivity contribution in [3.63, 3.8) is 0 Å². The van der Waals surface area contributed by atoms with Crippen LogP contribution < -0.4 is 5.73 Å². The quantitative estimate of drug-likeness (QED) is 0.655. The van der Waals surface area contributed by atoms with Gasteiger partial charge >= 0.3 is 0 Å². The minimum absolute atomic E-state index is 0.0591. The molecular weight excluding hydrogens is 152 g/mol. The minimum Gasteiger partial charge on any atom is -0.396 e. The van der Waals surface area contributed by atoms with E-state index in [1.807, 2.05) is 0 Å². The first-order valence-electron chi connectivity index (χ1n) is 3.56. The normalized spacial score (nSPS) is 13.6. The van der Waals surface area contributed by atoms with Crippen LogP contribution in [-0.4, -0.2) is 24.2 Å². The number of aliphatic hydroxyl groups excluding tert-OH is 1. The number of hydrogen-bond donors (Lipinski definition) is 2. The van der Waals surface area contributed by atoms with E-state index in [-0.39, 0.29) is 13.0 Å². The van der Waals surface area contributed by atoms with Gasteiger partial charge in [-0.15, -0.1) is 0 Å². The largest absolute Gasteiger partial charge is 0.396 e. The smallest absolute Gasteiger partial charge is 0.256 e. The van der Waals surface area contributed by atoms with Gasteiger partial charge in [-0.2, -0.15) is 0 Å². The summed E-state index contributed by atoms with van der Waals surface area (Å²) in [5.41, 5.74) is 3.64. The number of rotatable bonds is 4. The summed E-state index contributed by atoms with van der Waals surface area (Å²) in [5, 5.41) is 8.64. The SMILES string of the molecule is CC(C)(CO)C(F)(F)CCN. The van der Waals surface area contributed by atoms with Gasteiger partial charge in [0, 0.05) is 6.42 Å². The molecule has 0 fully saturated rings. The van der Waals surface area contributed by atoms with Crippen LogP contribution in [0.15, 0.2) is 0 Å². The van der Waals surface area contributed by atoms with Gasteiger partial charge in [0.1, 0.15) is 0 Å². The van der Waals surface area contributed by atoms with Crippen molar-refractivity contribution in [3.05, 3.63) is 0 Å². The fourth-order valence-corrected chi connectivity index (χ4v) is 0.635. The van der Waals surface area contributed by atoms with Crippen LogP contribution in [-0.2, 0) is 0 Å². The lowest BCUT2D eigenvalue weighted by Gasteiger charge is -2.31. The molecule has 0 aliphatic rings. The lowest BCUT2D eigenvalue weighted by atomic mass is 9.85. The van der Waals surface area contributed by atoms with Gasteiger partial charge in [-0.3, -0.25) is 0 Å². The van der Waals surface area contributed by atoms with E-state index in [1.165, 1.54) is 13.8 Å². The van der Waals surface area contributed by atoms with Crippen LogP contribution in [0.1, 0.15) is 20.3 Å². The second kappa shape index (κ2) is 3.45. The van der Waals surface area contributed by atoms with Crippen molar-refractivity contribution in [3.8, 4) is 0 Å². The zero-order valence-electron chi connectivity index (χ0n) is 6.90. The Labute approximate surface area is 65.4 Å². The number of alkyl halides is 2. The van der Waals surface area contributed by atoms with Crippen molar-refractivity contribution >= 4 is 0 Å². The fraction of sp³-hybridized carbons (Fsp3) is 1.00. The molecule has 0 spiro atoms. The molecular formula is C7H15F2NO. The van der Waals surface area contributed by atoms with Crippen LogP contribution in [0.3, 0.4) is 0 Å². The molecule has 0 aromatic carbocycles. The molecule has 0 aromatic rings. The predicted molar refractivity (Wildman–Crippen MR) is 39.5 cm³/mol. The zero-order valence-corrected chi connectivity index (χ0v) is 6.90. The molecule has 2 nitrogen and oxygen atoms in total. The molecule has 11 heavy (non-hydrogen) atoms. The first kappa shape index (κ1) is 10.8. The Hall–Kier alpha value is -0.220. The van der Waals surface area contributed by atoms with E-state index >= 15 is 0 Å². The molecule has 0 heterocycles. The summed E-state index contributed by atoms with van der Waals surface area (Å²) in [7, 11) is 0. The van der Waals surface area contributed by atoms with Crippen molar-refractivity contribution < 1.29 is 13.9 Å². The molecule has 3 N–H and O–H groups in total. The zero-order chi connectivity index (χ0) is 9.12. The first-order valence-corrected chi connectivity index (χ1v) is 3.56. The van der Waals surface area contributed by atoms with Crippen LogP contribution in [0, 0.1) is 5.41 Å². The summed E-state index contributed by atoms with van der Waals surface area (Å²) in [6.07, 6.45) is -0.374. The van der Waals surface area contributed by atoms with Gasteiger partial charge < -0.3 is 10.8 Å². The minimum atomic E-state index is -2.88. The fourth-order valence-electron chi connectivity index (χ4n) is 0.635. The second-order valence-electron chi connectivity index (χ2n) is 3.29. The Bertz CT molecular complexity index is 126. The number of nitrogens with two attached hydrogens (primary N) is 1. The van der Waals surface area contributed by atoms with Crippen LogP contribution >= 0.6 is 0 Å². The van der Waals surface area contributed by atoms with Crippen molar-refractivity contribution in [2.24, 2.45) is 11.1 Å². The third kappa shape index (κ3) is 2.38. The maximum absolute atomic E-state index is 13.0. The Morgan fingerprint density at radius 2 is 1.82 bits per heavy atom. The van der Waals surface area contributed by atoms with E-state index in [1.54, 1.807) is 0 Å². The molecule has 4 heteroatoms. The van der Waals surface area contributed by atoms with E-state index in [2.05, 4.69) is 0 Å². The molecule has 0 radical (unpaired) electrons. The van der Waals surface area contributed by atoms with Gasteiger partial charge in [-0.1, -0.05) is 13.8 Å². The highest BCUT2D eigenvalue weighted by atomic mass is 19.3. The molecule has 0 saturated carbocycles. The summed E-state index contributed by atoms with van der Waals surface area (Å²) < 4.78 is 25.9. The predicted octanol–water partition coefficient (Wildman–Crippen LogP) is 0.989. The monoisotopic (exact) mass is 167 g/mol. The molecule has 0 aromatic heterocycles. The molecule has 0 saturated heterocycles. The lowest BCUT2D eigenvalue weighted by Crippen LogP contribution is -2.40. The maximum atomic E-state index is 13.0. The second-order valence-corrected chi connectivity index (χ2v) is 3.29. The highest BCUT2D eigenvalue weighted by Crippen LogP contribution is 2.37. The van der Waals surface area contributed by atoms with E-state index in [0.717, 1.165) is 0 Å². The lowest BCUT2D eigenvalue weighted by molar-refractivity contribution is -0.128. The standard InChI is InChI=1S/C7H15F2NO/c1-6(2,5-11)7(8,9)3-4-10/h11H,3-5,10H2,1-2H3. The van der Waals surface area contributed by atoms with Gasteiger partial charge in [0.15, 0.2) is 0 Å². The van der Waals surface area contributed by atoms with Crippen molar-refractivity contribution in [2.45, 2.75) is 26.2 Å². The summed E-state index contributed by atoms with van der Waals surface area (Å²) in [5.74, 6) is -2.88. The number of halogens is 2. The van der Waals surface area contributed by atoms with E-state index in [9.17, 15) is 8.78 Å². The molecule has 0 bridgehead atoms. The summed E-state index contributed by atoms with van der Waals surface area (Å²) >= 11 is 0. The molecule has 0 unspecified atom stereocenters.